The average molecular weight is 417 g/mol. The number of nitrogens with zero attached hydrogens (tertiary/aromatic N) is 1. The van der Waals surface area contributed by atoms with Gasteiger partial charge in [0.25, 0.3) is 5.69 Å². The van der Waals surface area contributed by atoms with E-state index in [1.165, 1.54) is 25.3 Å². The number of esters is 1. The van der Waals surface area contributed by atoms with Gasteiger partial charge in [-0.1, -0.05) is 36.9 Å². The minimum atomic E-state index is -1.34. The highest BCUT2D eigenvalue weighted by Crippen LogP contribution is 2.34. The SMILES string of the molecule is C=C(C(=O)c1ccc(OC)cc1)C(OC(=O)c1ccccc1)c1ccccc1[N+](=O)[O-]. The number of para-hydroxylation sites is 1. The lowest BCUT2D eigenvalue weighted by molar-refractivity contribution is -0.386. The summed E-state index contributed by atoms with van der Waals surface area (Å²) in [7, 11) is 1.50. The average Bonchev–Trinajstić information content (AvgIpc) is 2.82. The molecule has 0 radical (unpaired) electrons. The fourth-order valence-corrected chi connectivity index (χ4v) is 2.99. The molecule has 0 heterocycles. The Balaban J connectivity index is 2.00. The molecule has 0 saturated carbocycles. The van der Waals surface area contributed by atoms with Gasteiger partial charge in [0, 0.05) is 17.2 Å². The van der Waals surface area contributed by atoms with Crippen LogP contribution in [0.4, 0.5) is 5.69 Å². The van der Waals surface area contributed by atoms with Crippen LogP contribution in [0.1, 0.15) is 32.4 Å². The standard InChI is InChI=1S/C24H19NO6/c1-16(22(26)17-12-14-19(30-2)15-13-17)23(20-10-6-7-11-21(20)25(28)29)31-24(27)18-8-4-3-5-9-18/h3-15,23H,1H2,2H3. The fraction of sp³-hybridized carbons (Fsp3) is 0.0833. The van der Waals surface area contributed by atoms with Crippen LogP contribution >= 0.6 is 0 Å². The van der Waals surface area contributed by atoms with Crippen LogP contribution in [0.5, 0.6) is 5.75 Å². The number of hydrogen-bond acceptors (Lipinski definition) is 6. The number of nitro groups is 1. The molecular formula is C24H19NO6. The van der Waals surface area contributed by atoms with E-state index in [2.05, 4.69) is 6.58 Å². The normalized spacial score (nSPS) is 11.3. The molecular weight excluding hydrogens is 398 g/mol. The van der Waals surface area contributed by atoms with Crippen LogP contribution in [-0.2, 0) is 4.74 Å². The molecule has 0 bridgehead atoms. The quantitative estimate of drug-likeness (QED) is 0.169. The molecule has 0 N–H and O–H groups in total. The molecule has 0 aromatic heterocycles. The number of hydrogen-bond donors (Lipinski definition) is 0. The van der Waals surface area contributed by atoms with Crippen LogP contribution in [0.15, 0.2) is 91.0 Å². The Morgan fingerprint density at radius 1 is 0.903 bits per heavy atom. The van der Waals surface area contributed by atoms with Crippen molar-refractivity contribution in [3.8, 4) is 5.75 Å². The first-order valence-corrected chi connectivity index (χ1v) is 9.29. The third-order valence-corrected chi connectivity index (χ3v) is 4.61. The first kappa shape index (κ1) is 21.4. The summed E-state index contributed by atoms with van der Waals surface area (Å²) < 4.78 is 10.7. The van der Waals surface area contributed by atoms with Crippen molar-refractivity contribution in [1.29, 1.82) is 0 Å². The maximum absolute atomic E-state index is 13.1. The third kappa shape index (κ3) is 4.84. The molecule has 0 spiro atoms. The second-order valence-corrected chi connectivity index (χ2v) is 6.55. The Hall–Kier alpha value is -4.26. The van der Waals surface area contributed by atoms with Gasteiger partial charge < -0.3 is 9.47 Å². The minimum Gasteiger partial charge on any atom is -0.497 e. The van der Waals surface area contributed by atoms with Crippen molar-refractivity contribution in [3.05, 3.63) is 118 Å². The zero-order valence-electron chi connectivity index (χ0n) is 16.7. The van der Waals surface area contributed by atoms with Gasteiger partial charge in [0.05, 0.1) is 23.2 Å². The lowest BCUT2D eigenvalue weighted by atomic mass is 9.94. The number of ether oxygens (including phenoxy) is 2. The van der Waals surface area contributed by atoms with Crippen LogP contribution in [0.25, 0.3) is 0 Å². The summed E-state index contributed by atoms with van der Waals surface area (Å²) in [6.07, 6.45) is -1.34. The number of benzene rings is 3. The summed E-state index contributed by atoms with van der Waals surface area (Å²) in [5.74, 6) is -0.674. The number of Topliss-reactive ketones (excluding diaryl/α,β-unsaturated/α-hetero) is 1. The van der Waals surface area contributed by atoms with E-state index in [4.69, 9.17) is 9.47 Å². The van der Waals surface area contributed by atoms with Crippen LogP contribution in [0.3, 0.4) is 0 Å². The minimum absolute atomic E-state index is 0.0589. The molecule has 1 atom stereocenters. The lowest BCUT2D eigenvalue weighted by Gasteiger charge is -2.20. The van der Waals surface area contributed by atoms with E-state index in [1.54, 1.807) is 60.7 Å². The Morgan fingerprint density at radius 2 is 1.52 bits per heavy atom. The van der Waals surface area contributed by atoms with Crippen molar-refractivity contribution < 1.29 is 24.0 Å². The molecule has 7 heteroatoms. The summed E-state index contributed by atoms with van der Waals surface area (Å²) in [4.78, 5) is 36.7. The largest absolute Gasteiger partial charge is 0.497 e. The Bertz CT molecular complexity index is 1120. The predicted molar refractivity (Wildman–Crippen MR) is 114 cm³/mol. The van der Waals surface area contributed by atoms with E-state index in [-0.39, 0.29) is 28.0 Å². The smallest absolute Gasteiger partial charge is 0.339 e. The lowest BCUT2D eigenvalue weighted by Crippen LogP contribution is -2.19. The summed E-state index contributed by atoms with van der Waals surface area (Å²) in [5, 5.41) is 11.6. The van der Waals surface area contributed by atoms with E-state index in [1.807, 2.05) is 0 Å². The van der Waals surface area contributed by atoms with Crippen molar-refractivity contribution in [2.45, 2.75) is 6.10 Å². The molecule has 0 aliphatic carbocycles. The van der Waals surface area contributed by atoms with E-state index >= 15 is 0 Å². The molecule has 0 amide bonds. The first-order valence-electron chi connectivity index (χ1n) is 9.29. The van der Waals surface area contributed by atoms with Gasteiger partial charge >= 0.3 is 5.97 Å². The molecule has 0 aliphatic rings. The van der Waals surface area contributed by atoms with Crippen molar-refractivity contribution in [2.75, 3.05) is 7.11 Å². The Labute approximate surface area is 178 Å². The van der Waals surface area contributed by atoms with Crippen LogP contribution in [0, 0.1) is 10.1 Å². The number of carbonyl (C=O) groups is 2. The molecule has 31 heavy (non-hydrogen) atoms. The van der Waals surface area contributed by atoms with Crippen LogP contribution < -0.4 is 4.74 Å². The Kier molecular flexibility index (Phi) is 6.57. The summed E-state index contributed by atoms with van der Waals surface area (Å²) in [6, 6.07) is 20.2. The first-order chi connectivity index (χ1) is 14.9. The molecule has 3 aromatic rings. The molecule has 7 nitrogen and oxygen atoms in total. The van der Waals surface area contributed by atoms with Crippen molar-refractivity contribution in [1.82, 2.24) is 0 Å². The van der Waals surface area contributed by atoms with Crippen molar-refractivity contribution in [3.63, 3.8) is 0 Å². The van der Waals surface area contributed by atoms with Gasteiger partial charge in [0.15, 0.2) is 11.9 Å². The highest BCUT2D eigenvalue weighted by atomic mass is 16.6. The number of nitro benzene ring substituents is 1. The van der Waals surface area contributed by atoms with Gasteiger partial charge in [0.1, 0.15) is 5.75 Å². The van der Waals surface area contributed by atoms with Gasteiger partial charge in [0.2, 0.25) is 0 Å². The van der Waals surface area contributed by atoms with Crippen LogP contribution in [-0.4, -0.2) is 23.8 Å². The highest BCUT2D eigenvalue weighted by molar-refractivity contribution is 6.09. The monoisotopic (exact) mass is 417 g/mol. The van der Waals surface area contributed by atoms with E-state index in [0.29, 0.717) is 5.75 Å². The van der Waals surface area contributed by atoms with Gasteiger partial charge in [-0.25, -0.2) is 4.79 Å². The van der Waals surface area contributed by atoms with Gasteiger partial charge in [-0.15, -0.1) is 0 Å². The van der Waals surface area contributed by atoms with E-state index in [0.717, 1.165) is 0 Å². The molecule has 0 aliphatic heterocycles. The molecule has 0 saturated heterocycles. The second kappa shape index (κ2) is 9.49. The Morgan fingerprint density at radius 3 is 2.13 bits per heavy atom. The maximum atomic E-state index is 13.1. The van der Waals surface area contributed by atoms with Crippen molar-refractivity contribution >= 4 is 17.4 Å². The summed E-state index contributed by atoms with van der Waals surface area (Å²) in [5.41, 5.74) is 0.199. The molecule has 1 unspecified atom stereocenters. The molecule has 3 aromatic carbocycles. The highest BCUT2D eigenvalue weighted by Gasteiger charge is 2.31. The molecule has 3 rings (SSSR count). The van der Waals surface area contributed by atoms with Gasteiger partial charge in [-0.05, 0) is 42.5 Å². The van der Waals surface area contributed by atoms with Gasteiger partial charge in [-0.2, -0.15) is 0 Å². The maximum Gasteiger partial charge on any atom is 0.339 e. The summed E-state index contributed by atoms with van der Waals surface area (Å²) >= 11 is 0. The van der Waals surface area contributed by atoms with Crippen LogP contribution in [0.2, 0.25) is 0 Å². The zero-order chi connectivity index (χ0) is 22.4. The zero-order valence-corrected chi connectivity index (χ0v) is 16.7. The molecule has 0 fully saturated rings. The second-order valence-electron chi connectivity index (χ2n) is 6.55. The third-order valence-electron chi connectivity index (χ3n) is 4.61. The number of carbonyl (C=O) groups excluding carboxylic acids is 2. The van der Waals surface area contributed by atoms with Crippen molar-refractivity contribution in [2.24, 2.45) is 0 Å². The number of rotatable bonds is 8. The number of methoxy groups -OCH3 is 1. The fourth-order valence-electron chi connectivity index (χ4n) is 2.99. The van der Waals surface area contributed by atoms with E-state index in [9.17, 15) is 19.7 Å². The predicted octanol–water partition coefficient (Wildman–Crippen LogP) is 4.94. The molecule has 156 valence electrons. The van der Waals surface area contributed by atoms with Gasteiger partial charge in [-0.3, -0.25) is 14.9 Å². The number of ketones is 1. The summed E-state index contributed by atoms with van der Waals surface area (Å²) in [6.45, 7) is 3.82. The topological polar surface area (TPSA) is 95.7 Å². The van der Waals surface area contributed by atoms with E-state index < -0.39 is 22.8 Å².